The zero-order chi connectivity index (χ0) is 8.27. The molecule has 0 saturated carbocycles. The van der Waals surface area contributed by atoms with E-state index in [0.717, 1.165) is 0 Å². The van der Waals surface area contributed by atoms with Gasteiger partial charge in [0.2, 0.25) is 0 Å². The molecule has 1 aromatic rings. The maximum absolute atomic E-state index is 11.2. The lowest BCUT2D eigenvalue weighted by atomic mass is 10.3. The molecule has 0 aliphatic heterocycles. The minimum atomic E-state index is -0.211. The van der Waals surface area contributed by atoms with Crippen molar-refractivity contribution < 1.29 is 14.6 Å². The summed E-state index contributed by atoms with van der Waals surface area (Å²) >= 11 is 0. The van der Waals surface area contributed by atoms with E-state index < -0.39 is 0 Å². The fourth-order valence-corrected chi connectivity index (χ4v) is 0.817. The Hall–Kier alpha value is -1.38. The quantitative estimate of drug-likeness (QED) is 0.650. The normalized spacial score (nSPS) is 9.27. The molecule has 11 heavy (non-hydrogen) atoms. The lowest BCUT2D eigenvalue weighted by Gasteiger charge is -2.03. The molecule has 0 heterocycles. The third kappa shape index (κ3) is 1.37. The molecule has 0 aromatic heterocycles. The lowest BCUT2D eigenvalue weighted by molar-refractivity contribution is 0.288. The summed E-state index contributed by atoms with van der Waals surface area (Å²) in [6, 6.07) is 4.91. The van der Waals surface area contributed by atoms with E-state index in [0.29, 0.717) is 11.5 Å². The molecule has 0 fully saturated rings. The number of hydrogen-bond donors (Lipinski definition) is 0. The van der Waals surface area contributed by atoms with Crippen molar-refractivity contribution in [3.8, 4) is 17.2 Å². The minimum absolute atomic E-state index is 0.211. The molecule has 1 aromatic carbocycles. The van der Waals surface area contributed by atoms with Gasteiger partial charge in [-0.25, -0.2) is 0 Å². The summed E-state index contributed by atoms with van der Waals surface area (Å²) in [7, 11) is 2.91. The molecule has 0 amide bonds. The molecule has 1 rings (SSSR count). The molecule has 0 atom stereocenters. The first-order chi connectivity index (χ1) is 5.29. The largest absolute Gasteiger partial charge is 0.493 e. The molecular formula is C8H9O3. The van der Waals surface area contributed by atoms with E-state index in [9.17, 15) is 5.11 Å². The number of methoxy groups -OCH3 is 2. The van der Waals surface area contributed by atoms with Gasteiger partial charge in [-0.15, -0.1) is 0 Å². The van der Waals surface area contributed by atoms with Crippen molar-refractivity contribution in [1.82, 2.24) is 0 Å². The lowest BCUT2D eigenvalue weighted by Crippen LogP contribution is -1.86. The summed E-state index contributed by atoms with van der Waals surface area (Å²) in [5.74, 6) is 0.409. The van der Waals surface area contributed by atoms with Gasteiger partial charge in [0.15, 0.2) is 11.5 Å². The van der Waals surface area contributed by atoms with Crippen molar-refractivity contribution in [2.75, 3.05) is 14.2 Å². The topological polar surface area (TPSA) is 38.4 Å². The smallest absolute Gasteiger partial charge is 0.261 e. The van der Waals surface area contributed by atoms with Gasteiger partial charge in [0.1, 0.15) is 0 Å². The summed E-state index contributed by atoms with van der Waals surface area (Å²) in [4.78, 5) is 0. The third-order valence-corrected chi connectivity index (χ3v) is 1.38. The second-order valence-corrected chi connectivity index (χ2v) is 1.99. The standard InChI is InChI=1S/C8H9O3/c1-10-6-4-3-5-7(11-2)8(6)9/h3-5H,1-2H3. The monoisotopic (exact) mass is 153 g/mol. The Labute approximate surface area is 65.2 Å². The van der Waals surface area contributed by atoms with E-state index in [4.69, 9.17) is 9.47 Å². The zero-order valence-electron chi connectivity index (χ0n) is 6.46. The van der Waals surface area contributed by atoms with Gasteiger partial charge in [-0.2, -0.15) is 0 Å². The molecular weight excluding hydrogens is 144 g/mol. The highest BCUT2D eigenvalue weighted by Crippen LogP contribution is 2.35. The number of benzene rings is 1. The van der Waals surface area contributed by atoms with Gasteiger partial charge in [0, 0.05) is 0 Å². The van der Waals surface area contributed by atoms with Crippen LogP contribution in [0.3, 0.4) is 0 Å². The molecule has 59 valence electrons. The van der Waals surface area contributed by atoms with Crippen molar-refractivity contribution >= 4 is 0 Å². The molecule has 0 N–H and O–H groups in total. The van der Waals surface area contributed by atoms with Crippen LogP contribution in [0.4, 0.5) is 0 Å². The Morgan fingerprint density at radius 2 is 1.55 bits per heavy atom. The van der Waals surface area contributed by atoms with Crippen LogP contribution in [0.5, 0.6) is 17.2 Å². The van der Waals surface area contributed by atoms with Gasteiger partial charge in [-0.05, 0) is 12.1 Å². The number of hydrogen-bond acceptors (Lipinski definition) is 2. The molecule has 0 aliphatic carbocycles. The van der Waals surface area contributed by atoms with Crippen molar-refractivity contribution in [2.24, 2.45) is 0 Å². The maximum atomic E-state index is 11.2. The van der Waals surface area contributed by atoms with E-state index in [2.05, 4.69) is 0 Å². The highest BCUT2D eigenvalue weighted by molar-refractivity contribution is 5.49. The fraction of sp³-hybridized carbons (Fsp3) is 0.250. The van der Waals surface area contributed by atoms with Crippen LogP contribution in [-0.2, 0) is 5.11 Å². The van der Waals surface area contributed by atoms with E-state index in [1.807, 2.05) is 0 Å². The van der Waals surface area contributed by atoms with Gasteiger partial charge in [-0.3, -0.25) is 5.11 Å². The van der Waals surface area contributed by atoms with E-state index in [-0.39, 0.29) is 5.75 Å². The van der Waals surface area contributed by atoms with Crippen LogP contribution in [0, 0.1) is 0 Å². The van der Waals surface area contributed by atoms with Crippen LogP contribution in [0.15, 0.2) is 18.2 Å². The Bertz CT molecular complexity index is 223. The summed E-state index contributed by atoms with van der Waals surface area (Å²) in [5, 5.41) is 11.2. The van der Waals surface area contributed by atoms with Crippen LogP contribution in [0.2, 0.25) is 0 Å². The summed E-state index contributed by atoms with van der Waals surface area (Å²) < 4.78 is 9.59. The van der Waals surface area contributed by atoms with Crippen LogP contribution < -0.4 is 9.47 Å². The SMILES string of the molecule is COc1cccc(OC)c1[O]. The predicted octanol–water partition coefficient (Wildman–Crippen LogP) is 1.85. The third-order valence-electron chi connectivity index (χ3n) is 1.38. The molecule has 0 bridgehead atoms. The first kappa shape index (κ1) is 7.72. The molecule has 0 spiro atoms. The van der Waals surface area contributed by atoms with E-state index in [1.165, 1.54) is 14.2 Å². The van der Waals surface area contributed by atoms with Gasteiger partial charge in [0.05, 0.1) is 14.2 Å². The van der Waals surface area contributed by atoms with Gasteiger partial charge in [0.25, 0.3) is 5.75 Å². The van der Waals surface area contributed by atoms with Crippen LogP contribution in [0.25, 0.3) is 0 Å². The fourth-order valence-electron chi connectivity index (χ4n) is 0.817. The molecule has 0 saturated heterocycles. The second-order valence-electron chi connectivity index (χ2n) is 1.99. The Balaban J connectivity index is 3.10. The molecule has 3 nitrogen and oxygen atoms in total. The molecule has 0 aliphatic rings. The van der Waals surface area contributed by atoms with Gasteiger partial charge >= 0.3 is 0 Å². The molecule has 1 radical (unpaired) electrons. The van der Waals surface area contributed by atoms with Crippen LogP contribution >= 0.6 is 0 Å². The molecule has 0 unspecified atom stereocenters. The van der Waals surface area contributed by atoms with Gasteiger partial charge in [-0.1, -0.05) is 6.07 Å². The highest BCUT2D eigenvalue weighted by Gasteiger charge is 2.08. The Morgan fingerprint density at radius 1 is 1.09 bits per heavy atom. The summed E-state index contributed by atoms with van der Waals surface area (Å²) in [6.07, 6.45) is 0. The van der Waals surface area contributed by atoms with Crippen molar-refractivity contribution in [1.29, 1.82) is 0 Å². The van der Waals surface area contributed by atoms with E-state index in [1.54, 1.807) is 18.2 Å². The minimum Gasteiger partial charge on any atom is -0.493 e. The maximum Gasteiger partial charge on any atom is 0.261 e. The number of para-hydroxylation sites is 1. The Kier molecular flexibility index (Phi) is 2.21. The first-order valence-corrected chi connectivity index (χ1v) is 3.17. The highest BCUT2D eigenvalue weighted by atomic mass is 16.5. The number of rotatable bonds is 2. The van der Waals surface area contributed by atoms with Crippen molar-refractivity contribution in [3.05, 3.63) is 18.2 Å². The van der Waals surface area contributed by atoms with Crippen LogP contribution in [0.1, 0.15) is 0 Å². The summed E-state index contributed by atoms with van der Waals surface area (Å²) in [6.45, 7) is 0. The van der Waals surface area contributed by atoms with Gasteiger partial charge < -0.3 is 9.47 Å². The first-order valence-electron chi connectivity index (χ1n) is 3.17. The average molecular weight is 153 g/mol. The Morgan fingerprint density at radius 3 is 1.91 bits per heavy atom. The van der Waals surface area contributed by atoms with Crippen LogP contribution in [-0.4, -0.2) is 14.2 Å². The van der Waals surface area contributed by atoms with E-state index >= 15 is 0 Å². The van der Waals surface area contributed by atoms with Crippen molar-refractivity contribution in [3.63, 3.8) is 0 Å². The predicted molar refractivity (Wildman–Crippen MR) is 39.7 cm³/mol. The average Bonchev–Trinajstić information content (AvgIpc) is 2.05. The summed E-state index contributed by atoms with van der Waals surface area (Å²) in [5.41, 5.74) is 0. The molecule has 3 heteroatoms. The van der Waals surface area contributed by atoms with Crippen molar-refractivity contribution in [2.45, 2.75) is 0 Å². The number of ether oxygens (including phenoxy) is 2. The zero-order valence-corrected chi connectivity index (χ0v) is 6.46. The second kappa shape index (κ2) is 3.14.